The topological polar surface area (TPSA) is 66.6 Å². The Morgan fingerprint density at radius 3 is 2.56 bits per heavy atom. The highest BCUT2D eigenvalue weighted by atomic mass is 16.3. The number of carbonyl (C=O) groups is 1. The van der Waals surface area contributed by atoms with Gasteiger partial charge in [0, 0.05) is 19.0 Å². The summed E-state index contributed by atoms with van der Waals surface area (Å²) < 4.78 is 0. The van der Waals surface area contributed by atoms with E-state index in [1.807, 2.05) is 4.90 Å². The van der Waals surface area contributed by atoms with Crippen LogP contribution in [0.3, 0.4) is 0 Å². The molecule has 0 spiro atoms. The second kappa shape index (κ2) is 7.63. The first-order valence-corrected chi connectivity index (χ1v) is 6.40. The first-order valence-electron chi connectivity index (χ1n) is 6.40. The van der Waals surface area contributed by atoms with E-state index >= 15 is 0 Å². The number of nitrogens with two attached hydrogens (primary N) is 1. The minimum atomic E-state index is 0.0604. The molecule has 1 aliphatic rings. The summed E-state index contributed by atoms with van der Waals surface area (Å²) in [4.78, 5) is 13.8. The van der Waals surface area contributed by atoms with E-state index in [0.29, 0.717) is 25.6 Å². The number of aliphatic hydroxyl groups excluding tert-OH is 1. The van der Waals surface area contributed by atoms with E-state index in [2.05, 4.69) is 0 Å². The summed E-state index contributed by atoms with van der Waals surface area (Å²) in [7, 11) is 0. The molecule has 0 unspecified atom stereocenters. The second-order valence-electron chi connectivity index (χ2n) is 4.49. The van der Waals surface area contributed by atoms with Gasteiger partial charge in [-0.3, -0.25) is 4.79 Å². The van der Waals surface area contributed by atoms with Gasteiger partial charge in [0.15, 0.2) is 0 Å². The number of nitrogens with zero attached hydrogens (tertiary/aromatic N) is 1. The van der Waals surface area contributed by atoms with Crippen LogP contribution in [0.5, 0.6) is 0 Å². The Kier molecular flexibility index (Phi) is 6.42. The van der Waals surface area contributed by atoms with Crippen molar-refractivity contribution in [3.05, 3.63) is 0 Å². The fourth-order valence-corrected chi connectivity index (χ4v) is 2.41. The first kappa shape index (κ1) is 13.5. The molecule has 0 saturated heterocycles. The summed E-state index contributed by atoms with van der Waals surface area (Å²) in [6.07, 6.45) is 7.14. The second-order valence-corrected chi connectivity index (χ2v) is 4.49. The van der Waals surface area contributed by atoms with Gasteiger partial charge in [0.05, 0.1) is 6.61 Å². The van der Waals surface area contributed by atoms with Crippen molar-refractivity contribution in [1.29, 1.82) is 0 Å². The quantitative estimate of drug-likeness (QED) is 0.709. The van der Waals surface area contributed by atoms with E-state index in [1.165, 1.54) is 19.3 Å². The van der Waals surface area contributed by atoms with Crippen LogP contribution in [0.4, 0.5) is 0 Å². The number of amides is 1. The highest BCUT2D eigenvalue weighted by Gasteiger charge is 2.24. The lowest BCUT2D eigenvalue weighted by Gasteiger charge is -2.34. The van der Waals surface area contributed by atoms with Crippen LogP contribution in [0.15, 0.2) is 0 Å². The summed E-state index contributed by atoms with van der Waals surface area (Å²) in [5, 5.41) is 9.02. The van der Waals surface area contributed by atoms with E-state index in [-0.39, 0.29) is 12.5 Å². The van der Waals surface area contributed by atoms with Gasteiger partial charge in [0.2, 0.25) is 5.91 Å². The minimum Gasteiger partial charge on any atom is -0.395 e. The van der Waals surface area contributed by atoms with Crippen molar-refractivity contribution < 1.29 is 9.90 Å². The van der Waals surface area contributed by atoms with E-state index in [1.54, 1.807) is 0 Å². The molecule has 1 amide bonds. The first-order chi connectivity index (χ1) is 7.79. The van der Waals surface area contributed by atoms with Gasteiger partial charge in [0.1, 0.15) is 0 Å². The van der Waals surface area contributed by atoms with Crippen molar-refractivity contribution in [2.75, 3.05) is 19.7 Å². The molecule has 4 heteroatoms. The maximum absolute atomic E-state index is 12.0. The lowest BCUT2D eigenvalue weighted by molar-refractivity contribution is -0.134. The standard InChI is InChI=1S/C12H24N2O2/c13-8-4-7-12(16)14(9-10-15)11-5-2-1-3-6-11/h11,15H,1-10,13H2. The molecule has 0 aliphatic heterocycles. The maximum atomic E-state index is 12.0. The highest BCUT2D eigenvalue weighted by molar-refractivity contribution is 5.76. The van der Waals surface area contributed by atoms with Gasteiger partial charge in [-0.25, -0.2) is 0 Å². The van der Waals surface area contributed by atoms with Crippen LogP contribution < -0.4 is 5.73 Å². The predicted molar refractivity (Wildman–Crippen MR) is 64.0 cm³/mol. The van der Waals surface area contributed by atoms with Gasteiger partial charge in [-0.1, -0.05) is 19.3 Å². The average molecular weight is 228 g/mol. The van der Waals surface area contributed by atoms with Gasteiger partial charge < -0.3 is 15.7 Å². The fraction of sp³-hybridized carbons (Fsp3) is 0.917. The molecular formula is C12H24N2O2. The van der Waals surface area contributed by atoms with Gasteiger partial charge in [-0.2, -0.15) is 0 Å². The Hall–Kier alpha value is -0.610. The third kappa shape index (κ3) is 4.10. The molecule has 0 bridgehead atoms. The van der Waals surface area contributed by atoms with E-state index in [9.17, 15) is 4.79 Å². The van der Waals surface area contributed by atoms with Crippen molar-refractivity contribution in [2.24, 2.45) is 5.73 Å². The fourth-order valence-electron chi connectivity index (χ4n) is 2.41. The zero-order valence-electron chi connectivity index (χ0n) is 10.0. The number of rotatable bonds is 6. The Morgan fingerprint density at radius 1 is 1.31 bits per heavy atom. The summed E-state index contributed by atoms with van der Waals surface area (Å²) in [5.74, 6) is 0.159. The molecule has 94 valence electrons. The molecule has 0 atom stereocenters. The largest absolute Gasteiger partial charge is 0.395 e. The molecule has 3 N–H and O–H groups in total. The predicted octanol–water partition coefficient (Wildman–Crippen LogP) is 0.879. The summed E-state index contributed by atoms with van der Waals surface area (Å²) in [6.45, 7) is 1.10. The Bertz CT molecular complexity index is 203. The van der Waals surface area contributed by atoms with Crippen LogP contribution in [-0.4, -0.2) is 41.7 Å². The summed E-state index contributed by atoms with van der Waals surface area (Å²) >= 11 is 0. The van der Waals surface area contributed by atoms with Crippen LogP contribution in [0.25, 0.3) is 0 Å². The minimum absolute atomic E-state index is 0.0604. The highest BCUT2D eigenvalue weighted by Crippen LogP contribution is 2.23. The molecule has 0 aromatic rings. The average Bonchev–Trinajstić information content (AvgIpc) is 2.34. The smallest absolute Gasteiger partial charge is 0.222 e. The normalized spacial score (nSPS) is 17.4. The van der Waals surface area contributed by atoms with Gasteiger partial charge in [0.25, 0.3) is 0 Å². The van der Waals surface area contributed by atoms with Crippen LogP contribution in [0.2, 0.25) is 0 Å². The zero-order chi connectivity index (χ0) is 11.8. The molecule has 1 saturated carbocycles. The molecule has 0 radical (unpaired) electrons. The van der Waals surface area contributed by atoms with E-state index in [4.69, 9.17) is 10.8 Å². The Balaban J connectivity index is 2.47. The van der Waals surface area contributed by atoms with Crippen LogP contribution >= 0.6 is 0 Å². The number of carbonyl (C=O) groups excluding carboxylic acids is 1. The molecule has 0 aromatic heterocycles. The lowest BCUT2D eigenvalue weighted by atomic mass is 9.94. The van der Waals surface area contributed by atoms with Crippen LogP contribution in [0, 0.1) is 0 Å². The lowest BCUT2D eigenvalue weighted by Crippen LogP contribution is -2.43. The number of aliphatic hydroxyl groups is 1. The summed E-state index contributed by atoms with van der Waals surface area (Å²) in [5.41, 5.74) is 5.41. The van der Waals surface area contributed by atoms with Crippen LogP contribution in [0.1, 0.15) is 44.9 Å². The monoisotopic (exact) mass is 228 g/mol. The number of hydrogen-bond acceptors (Lipinski definition) is 3. The molecule has 1 fully saturated rings. The van der Waals surface area contributed by atoms with Crippen LogP contribution in [-0.2, 0) is 4.79 Å². The molecule has 0 aromatic carbocycles. The van der Waals surface area contributed by atoms with Crippen molar-refractivity contribution in [3.63, 3.8) is 0 Å². The molecular weight excluding hydrogens is 204 g/mol. The summed E-state index contributed by atoms with van der Waals surface area (Å²) in [6, 6.07) is 0.353. The van der Waals surface area contributed by atoms with Gasteiger partial charge in [-0.05, 0) is 25.8 Å². The van der Waals surface area contributed by atoms with Crippen molar-refractivity contribution >= 4 is 5.91 Å². The SMILES string of the molecule is NCCCC(=O)N(CCO)C1CCCCC1. The molecule has 4 nitrogen and oxygen atoms in total. The van der Waals surface area contributed by atoms with Gasteiger partial charge in [-0.15, -0.1) is 0 Å². The van der Waals surface area contributed by atoms with Gasteiger partial charge >= 0.3 is 0 Å². The van der Waals surface area contributed by atoms with Crippen molar-refractivity contribution in [2.45, 2.75) is 51.0 Å². The Morgan fingerprint density at radius 2 is 2.00 bits per heavy atom. The third-order valence-corrected chi connectivity index (χ3v) is 3.27. The zero-order valence-corrected chi connectivity index (χ0v) is 10.0. The number of hydrogen-bond donors (Lipinski definition) is 2. The third-order valence-electron chi connectivity index (χ3n) is 3.27. The Labute approximate surface area is 97.8 Å². The van der Waals surface area contributed by atoms with Crippen molar-refractivity contribution in [3.8, 4) is 0 Å². The van der Waals surface area contributed by atoms with Crippen molar-refractivity contribution in [1.82, 2.24) is 4.90 Å². The molecule has 16 heavy (non-hydrogen) atoms. The molecule has 1 rings (SSSR count). The van der Waals surface area contributed by atoms with E-state index < -0.39 is 0 Å². The molecule has 1 aliphatic carbocycles. The van der Waals surface area contributed by atoms with E-state index in [0.717, 1.165) is 19.3 Å². The maximum Gasteiger partial charge on any atom is 0.222 e. The molecule has 0 heterocycles.